The van der Waals surface area contributed by atoms with Crippen LogP contribution in [0.1, 0.15) is 6.92 Å². The maximum Gasteiger partial charge on any atom is 0.202 e. The zero-order chi connectivity index (χ0) is 8.55. The number of nitrogens with zero attached hydrogens (tertiary/aromatic N) is 3. The first kappa shape index (κ1) is 9.80. The Hall–Kier alpha value is -1.29. The number of hydrogen-bond donors (Lipinski definition) is 1. The van der Waals surface area contributed by atoms with Gasteiger partial charge in [0.15, 0.2) is 5.65 Å². The van der Waals surface area contributed by atoms with E-state index in [2.05, 4.69) is 9.97 Å². The summed E-state index contributed by atoms with van der Waals surface area (Å²) in [7, 11) is 0. The molecule has 0 amide bonds. The molecule has 0 aliphatic rings. The summed E-state index contributed by atoms with van der Waals surface area (Å²) in [5.74, 6) is 0.534. The summed E-state index contributed by atoms with van der Waals surface area (Å²) < 4.78 is 1.93. The van der Waals surface area contributed by atoms with Crippen LogP contribution in [0.2, 0.25) is 0 Å². The van der Waals surface area contributed by atoms with Crippen LogP contribution in [-0.2, 0) is 6.54 Å². The average molecular weight is 199 g/mol. The molecular weight excluding hydrogens is 188 g/mol. The molecule has 2 rings (SSSR count). The predicted octanol–water partition coefficient (Wildman–Crippen LogP) is 1.46. The largest absolute Gasteiger partial charge is 0.369 e. The highest BCUT2D eigenvalue weighted by Crippen LogP contribution is 2.14. The number of anilines is 1. The van der Waals surface area contributed by atoms with Gasteiger partial charge in [-0.3, -0.25) is 0 Å². The molecule has 2 heterocycles. The van der Waals surface area contributed by atoms with Crippen molar-refractivity contribution in [3.63, 3.8) is 0 Å². The summed E-state index contributed by atoms with van der Waals surface area (Å²) >= 11 is 0. The zero-order valence-electron chi connectivity index (χ0n) is 7.27. The summed E-state index contributed by atoms with van der Waals surface area (Å²) in [6.45, 7) is 2.86. The molecule has 0 saturated carbocycles. The van der Waals surface area contributed by atoms with Gasteiger partial charge >= 0.3 is 0 Å². The molecule has 0 aliphatic carbocycles. The molecule has 2 aromatic rings. The Labute approximate surface area is 82.2 Å². The molecule has 4 nitrogen and oxygen atoms in total. The van der Waals surface area contributed by atoms with Crippen LogP contribution in [0.5, 0.6) is 0 Å². The standard InChI is InChI=1S/C8H10N4.ClH/c1-2-12-6-4-3-5-10-7(6)11-8(12)9;/h3-5H,2H2,1H3,(H2,9,10,11);1H. The number of nitrogens with two attached hydrogens (primary N) is 1. The SMILES string of the molecule is CCn1c(N)nc2ncccc21.Cl. The van der Waals surface area contributed by atoms with Crippen molar-refractivity contribution in [2.75, 3.05) is 5.73 Å². The lowest BCUT2D eigenvalue weighted by Gasteiger charge is -1.99. The third-order valence-electron chi connectivity index (χ3n) is 1.87. The monoisotopic (exact) mass is 198 g/mol. The van der Waals surface area contributed by atoms with Crippen LogP contribution in [-0.4, -0.2) is 14.5 Å². The third-order valence-corrected chi connectivity index (χ3v) is 1.87. The van der Waals surface area contributed by atoms with E-state index < -0.39 is 0 Å². The normalized spacial score (nSPS) is 9.92. The van der Waals surface area contributed by atoms with E-state index in [1.807, 2.05) is 23.6 Å². The minimum absolute atomic E-state index is 0. The fourth-order valence-corrected chi connectivity index (χ4v) is 1.31. The minimum atomic E-state index is 0. The molecule has 0 fully saturated rings. The maximum atomic E-state index is 5.68. The summed E-state index contributed by atoms with van der Waals surface area (Å²) in [5, 5.41) is 0. The van der Waals surface area contributed by atoms with E-state index in [1.165, 1.54) is 0 Å². The van der Waals surface area contributed by atoms with Gasteiger partial charge in [-0.1, -0.05) is 0 Å². The van der Waals surface area contributed by atoms with E-state index in [4.69, 9.17) is 5.73 Å². The maximum absolute atomic E-state index is 5.68. The number of nitrogen functional groups attached to an aromatic ring is 1. The molecule has 0 saturated heterocycles. The van der Waals surface area contributed by atoms with Crippen LogP contribution in [0.25, 0.3) is 11.2 Å². The lowest BCUT2D eigenvalue weighted by molar-refractivity contribution is 0.800. The number of halogens is 1. The lowest BCUT2D eigenvalue weighted by atomic mass is 10.4. The first-order chi connectivity index (χ1) is 5.83. The first-order valence-corrected chi connectivity index (χ1v) is 3.89. The molecule has 0 bridgehead atoms. The van der Waals surface area contributed by atoms with Gasteiger partial charge in [-0.05, 0) is 19.1 Å². The van der Waals surface area contributed by atoms with E-state index in [-0.39, 0.29) is 12.4 Å². The Morgan fingerprint density at radius 1 is 1.54 bits per heavy atom. The molecule has 0 unspecified atom stereocenters. The smallest absolute Gasteiger partial charge is 0.202 e. The van der Waals surface area contributed by atoms with Crippen LogP contribution in [0.4, 0.5) is 5.95 Å². The number of pyridine rings is 1. The molecule has 5 heteroatoms. The molecule has 2 N–H and O–H groups in total. The summed E-state index contributed by atoms with van der Waals surface area (Å²) in [5.41, 5.74) is 7.39. The van der Waals surface area contributed by atoms with E-state index in [1.54, 1.807) is 6.20 Å². The molecule has 0 atom stereocenters. The predicted molar refractivity (Wildman–Crippen MR) is 54.9 cm³/mol. The first-order valence-electron chi connectivity index (χ1n) is 3.89. The fourth-order valence-electron chi connectivity index (χ4n) is 1.31. The Morgan fingerprint density at radius 3 is 3.00 bits per heavy atom. The Kier molecular flexibility index (Phi) is 2.72. The van der Waals surface area contributed by atoms with Crippen molar-refractivity contribution in [3.8, 4) is 0 Å². The highest BCUT2D eigenvalue weighted by molar-refractivity contribution is 5.85. The quantitative estimate of drug-likeness (QED) is 0.755. The minimum Gasteiger partial charge on any atom is -0.369 e. The van der Waals surface area contributed by atoms with Crippen molar-refractivity contribution >= 4 is 29.5 Å². The second-order valence-electron chi connectivity index (χ2n) is 2.56. The molecule has 13 heavy (non-hydrogen) atoms. The van der Waals surface area contributed by atoms with Gasteiger partial charge in [0.1, 0.15) is 0 Å². The summed E-state index contributed by atoms with van der Waals surface area (Å²) in [6.07, 6.45) is 1.72. The number of hydrogen-bond acceptors (Lipinski definition) is 3. The van der Waals surface area contributed by atoms with Gasteiger partial charge in [0.05, 0.1) is 5.52 Å². The van der Waals surface area contributed by atoms with Gasteiger partial charge in [-0.25, -0.2) is 4.98 Å². The van der Waals surface area contributed by atoms with Crippen LogP contribution in [0.3, 0.4) is 0 Å². The number of rotatable bonds is 1. The highest BCUT2D eigenvalue weighted by Gasteiger charge is 2.04. The van der Waals surface area contributed by atoms with E-state index in [0.29, 0.717) is 5.95 Å². The number of aryl methyl sites for hydroxylation is 1. The molecule has 0 aromatic carbocycles. The van der Waals surface area contributed by atoms with Gasteiger partial charge in [0.2, 0.25) is 5.95 Å². The second kappa shape index (κ2) is 3.62. The Morgan fingerprint density at radius 2 is 2.31 bits per heavy atom. The lowest BCUT2D eigenvalue weighted by Crippen LogP contribution is -2.00. The van der Waals surface area contributed by atoms with Crippen LogP contribution < -0.4 is 5.73 Å². The van der Waals surface area contributed by atoms with Crippen molar-refractivity contribution in [2.24, 2.45) is 0 Å². The third kappa shape index (κ3) is 1.45. The van der Waals surface area contributed by atoms with Gasteiger partial charge in [-0.15, -0.1) is 12.4 Å². The molecule has 0 spiro atoms. The molecule has 2 aromatic heterocycles. The Balaban J connectivity index is 0.000000845. The van der Waals surface area contributed by atoms with Gasteiger partial charge in [0, 0.05) is 12.7 Å². The molecule has 0 radical (unpaired) electrons. The molecule has 70 valence electrons. The molecule has 0 aliphatic heterocycles. The number of imidazole rings is 1. The summed E-state index contributed by atoms with van der Waals surface area (Å²) in [6, 6.07) is 3.85. The van der Waals surface area contributed by atoms with Crippen LogP contribution in [0, 0.1) is 0 Å². The van der Waals surface area contributed by atoms with E-state index >= 15 is 0 Å². The second-order valence-corrected chi connectivity index (χ2v) is 2.56. The van der Waals surface area contributed by atoms with Crippen LogP contribution >= 0.6 is 12.4 Å². The van der Waals surface area contributed by atoms with Gasteiger partial charge in [0.25, 0.3) is 0 Å². The number of fused-ring (bicyclic) bond motifs is 1. The topological polar surface area (TPSA) is 56.7 Å². The van der Waals surface area contributed by atoms with Crippen molar-refractivity contribution in [1.82, 2.24) is 14.5 Å². The van der Waals surface area contributed by atoms with Crippen molar-refractivity contribution < 1.29 is 0 Å². The van der Waals surface area contributed by atoms with Gasteiger partial charge < -0.3 is 10.3 Å². The number of aromatic nitrogens is 3. The zero-order valence-corrected chi connectivity index (χ0v) is 8.08. The van der Waals surface area contributed by atoms with Crippen molar-refractivity contribution in [3.05, 3.63) is 18.3 Å². The molecular formula is C8H11ClN4. The van der Waals surface area contributed by atoms with Gasteiger partial charge in [-0.2, -0.15) is 4.98 Å². The fraction of sp³-hybridized carbons (Fsp3) is 0.250. The van der Waals surface area contributed by atoms with E-state index in [0.717, 1.165) is 17.7 Å². The average Bonchev–Trinajstić information content (AvgIpc) is 2.40. The van der Waals surface area contributed by atoms with Crippen molar-refractivity contribution in [1.29, 1.82) is 0 Å². The van der Waals surface area contributed by atoms with E-state index in [9.17, 15) is 0 Å². The van der Waals surface area contributed by atoms with Crippen molar-refractivity contribution in [2.45, 2.75) is 13.5 Å². The highest BCUT2D eigenvalue weighted by atomic mass is 35.5. The summed E-state index contributed by atoms with van der Waals surface area (Å²) in [4.78, 5) is 8.21. The Bertz CT molecular complexity index is 409. The van der Waals surface area contributed by atoms with Crippen LogP contribution in [0.15, 0.2) is 18.3 Å².